The second-order valence-electron chi connectivity index (χ2n) is 2.84. The number of nitro groups is 1. The lowest BCUT2D eigenvalue weighted by atomic mass is 10.2. The Bertz CT molecular complexity index is 490. The molecule has 5 nitrogen and oxygen atoms in total. The molecule has 1 heterocycles. The highest BCUT2D eigenvalue weighted by molar-refractivity contribution is 5.87. The van der Waals surface area contributed by atoms with Crippen molar-refractivity contribution in [1.82, 2.24) is 4.98 Å². The van der Waals surface area contributed by atoms with Crippen LogP contribution in [0.5, 0.6) is 5.75 Å². The first-order chi connectivity index (χ1) is 6.72. The average molecular weight is 192 g/mol. The Morgan fingerprint density at radius 2 is 2.29 bits per heavy atom. The number of H-pyrrole nitrogens is 1. The zero-order chi connectivity index (χ0) is 10.1. The summed E-state index contributed by atoms with van der Waals surface area (Å²) in [5.74, 6) is 0.690. The predicted octanol–water partition coefficient (Wildman–Crippen LogP) is 2.08. The summed E-state index contributed by atoms with van der Waals surface area (Å²) >= 11 is 0. The molecule has 0 radical (unpaired) electrons. The summed E-state index contributed by atoms with van der Waals surface area (Å²) in [7, 11) is 1.56. The molecule has 0 saturated heterocycles. The quantitative estimate of drug-likeness (QED) is 0.585. The second-order valence-corrected chi connectivity index (χ2v) is 2.84. The van der Waals surface area contributed by atoms with Gasteiger partial charge in [0.25, 0.3) is 5.69 Å². The predicted molar refractivity (Wildman–Crippen MR) is 51.5 cm³/mol. The summed E-state index contributed by atoms with van der Waals surface area (Å²) in [5.41, 5.74) is 0.776. The van der Waals surface area contributed by atoms with Crippen LogP contribution in [0.1, 0.15) is 0 Å². The third kappa shape index (κ3) is 1.19. The van der Waals surface area contributed by atoms with Crippen molar-refractivity contribution >= 4 is 16.6 Å². The minimum absolute atomic E-state index is 0.0713. The van der Waals surface area contributed by atoms with Gasteiger partial charge in [-0.05, 0) is 6.07 Å². The molecule has 1 aromatic carbocycles. The first-order valence-electron chi connectivity index (χ1n) is 4.02. The highest BCUT2D eigenvalue weighted by Gasteiger charge is 2.09. The summed E-state index contributed by atoms with van der Waals surface area (Å²) in [6.45, 7) is 0. The van der Waals surface area contributed by atoms with E-state index >= 15 is 0 Å². The van der Waals surface area contributed by atoms with Crippen LogP contribution in [-0.2, 0) is 0 Å². The number of nitrogens with zero attached hydrogens (tertiary/aromatic N) is 1. The molecule has 0 aliphatic heterocycles. The number of methoxy groups -OCH3 is 1. The molecular weight excluding hydrogens is 184 g/mol. The average Bonchev–Trinajstić information content (AvgIpc) is 2.59. The summed E-state index contributed by atoms with van der Waals surface area (Å²) in [4.78, 5) is 13.0. The molecule has 1 aromatic heterocycles. The lowest BCUT2D eigenvalue weighted by molar-refractivity contribution is -0.384. The van der Waals surface area contributed by atoms with E-state index in [2.05, 4.69) is 4.98 Å². The van der Waals surface area contributed by atoms with Crippen LogP contribution in [0.15, 0.2) is 24.4 Å². The van der Waals surface area contributed by atoms with Gasteiger partial charge >= 0.3 is 0 Å². The molecule has 0 aliphatic rings. The van der Waals surface area contributed by atoms with Crippen LogP contribution in [0.3, 0.4) is 0 Å². The minimum atomic E-state index is -0.424. The van der Waals surface area contributed by atoms with Crippen LogP contribution in [0.2, 0.25) is 0 Å². The van der Waals surface area contributed by atoms with Gasteiger partial charge in [-0.2, -0.15) is 0 Å². The van der Waals surface area contributed by atoms with E-state index in [0.717, 1.165) is 5.39 Å². The Hall–Kier alpha value is -2.04. The van der Waals surface area contributed by atoms with Crippen LogP contribution in [0.4, 0.5) is 5.69 Å². The molecular formula is C9H8N2O3. The van der Waals surface area contributed by atoms with Gasteiger partial charge in [0.05, 0.1) is 17.5 Å². The Morgan fingerprint density at radius 1 is 1.50 bits per heavy atom. The van der Waals surface area contributed by atoms with Gasteiger partial charge in [-0.1, -0.05) is 0 Å². The summed E-state index contributed by atoms with van der Waals surface area (Å²) in [6.07, 6.45) is 1.67. The van der Waals surface area contributed by atoms with Crippen molar-refractivity contribution in [2.24, 2.45) is 0 Å². The van der Waals surface area contributed by atoms with E-state index in [-0.39, 0.29) is 5.69 Å². The van der Waals surface area contributed by atoms with Crippen molar-refractivity contribution < 1.29 is 9.66 Å². The van der Waals surface area contributed by atoms with Crippen molar-refractivity contribution in [3.63, 3.8) is 0 Å². The number of aromatic amines is 1. The van der Waals surface area contributed by atoms with Crippen LogP contribution < -0.4 is 4.74 Å². The SMILES string of the molecule is COc1c[nH]c2cc([N+](=O)[O-])ccc12. The van der Waals surface area contributed by atoms with Crippen LogP contribution in [-0.4, -0.2) is 17.0 Å². The van der Waals surface area contributed by atoms with E-state index in [0.29, 0.717) is 11.3 Å². The number of hydrogen-bond donors (Lipinski definition) is 1. The lowest BCUT2D eigenvalue weighted by Gasteiger charge is -1.95. The number of rotatable bonds is 2. The number of aromatic nitrogens is 1. The molecule has 0 saturated carbocycles. The Labute approximate surface area is 79.5 Å². The van der Waals surface area contributed by atoms with Crippen molar-refractivity contribution in [2.75, 3.05) is 7.11 Å². The first-order valence-corrected chi connectivity index (χ1v) is 4.02. The van der Waals surface area contributed by atoms with E-state index in [9.17, 15) is 10.1 Å². The largest absolute Gasteiger partial charge is 0.495 e. The number of fused-ring (bicyclic) bond motifs is 1. The molecule has 5 heteroatoms. The molecule has 0 aliphatic carbocycles. The molecule has 1 N–H and O–H groups in total. The Morgan fingerprint density at radius 3 is 2.93 bits per heavy atom. The molecule has 2 rings (SSSR count). The zero-order valence-corrected chi connectivity index (χ0v) is 7.48. The Balaban J connectivity index is 2.63. The molecule has 0 fully saturated rings. The fraction of sp³-hybridized carbons (Fsp3) is 0.111. The third-order valence-electron chi connectivity index (χ3n) is 2.06. The monoisotopic (exact) mass is 192 g/mol. The second kappa shape index (κ2) is 3.02. The van der Waals surface area contributed by atoms with Crippen molar-refractivity contribution in [1.29, 1.82) is 0 Å². The van der Waals surface area contributed by atoms with E-state index in [1.165, 1.54) is 12.1 Å². The van der Waals surface area contributed by atoms with E-state index in [1.807, 2.05) is 0 Å². The van der Waals surface area contributed by atoms with Crippen LogP contribution in [0.25, 0.3) is 10.9 Å². The lowest BCUT2D eigenvalue weighted by Crippen LogP contribution is -1.86. The molecule has 0 amide bonds. The van der Waals surface area contributed by atoms with E-state index in [1.54, 1.807) is 19.4 Å². The molecule has 0 unspecified atom stereocenters. The first kappa shape index (κ1) is 8.55. The maximum absolute atomic E-state index is 10.5. The summed E-state index contributed by atoms with van der Waals surface area (Å²) in [6, 6.07) is 4.61. The maximum atomic E-state index is 10.5. The van der Waals surface area contributed by atoms with Crippen molar-refractivity contribution in [3.05, 3.63) is 34.5 Å². The van der Waals surface area contributed by atoms with Gasteiger partial charge < -0.3 is 9.72 Å². The number of ether oxygens (including phenoxy) is 1. The number of benzene rings is 1. The number of non-ortho nitro benzene ring substituents is 1. The van der Waals surface area contributed by atoms with E-state index in [4.69, 9.17) is 4.74 Å². The maximum Gasteiger partial charge on any atom is 0.271 e. The van der Waals surface area contributed by atoms with Crippen molar-refractivity contribution in [2.45, 2.75) is 0 Å². The fourth-order valence-corrected chi connectivity index (χ4v) is 1.37. The molecule has 2 aromatic rings. The summed E-state index contributed by atoms with van der Waals surface area (Å²) < 4.78 is 5.07. The highest BCUT2D eigenvalue weighted by Crippen LogP contribution is 2.27. The van der Waals surface area contributed by atoms with Crippen LogP contribution >= 0.6 is 0 Å². The van der Waals surface area contributed by atoms with Gasteiger partial charge in [-0.3, -0.25) is 10.1 Å². The molecule has 14 heavy (non-hydrogen) atoms. The van der Waals surface area contributed by atoms with E-state index < -0.39 is 4.92 Å². The minimum Gasteiger partial charge on any atom is -0.495 e. The molecule has 0 atom stereocenters. The topological polar surface area (TPSA) is 68.2 Å². The molecule has 0 spiro atoms. The number of nitrogens with one attached hydrogen (secondary N) is 1. The molecule has 0 bridgehead atoms. The fourth-order valence-electron chi connectivity index (χ4n) is 1.37. The number of hydrogen-bond acceptors (Lipinski definition) is 3. The van der Waals surface area contributed by atoms with Crippen molar-refractivity contribution in [3.8, 4) is 5.75 Å². The standard InChI is InChI=1S/C9H8N2O3/c1-14-9-5-10-8-4-6(11(12)13)2-3-7(8)9/h2-5,10H,1H3. The Kier molecular flexibility index (Phi) is 1.85. The number of nitro benzene ring substituents is 1. The van der Waals surface area contributed by atoms with Gasteiger partial charge in [-0.25, -0.2) is 0 Å². The smallest absolute Gasteiger partial charge is 0.271 e. The third-order valence-corrected chi connectivity index (χ3v) is 2.06. The van der Waals surface area contributed by atoms with Gasteiger partial charge in [0.1, 0.15) is 5.75 Å². The van der Waals surface area contributed by atoms with Gasteiger partial charge in [0.15, 0.2) is 0 Å². The molecule has 72 valence electrons. The van der Waals surface area contributed by atoms with Gasteiger partial charge in [0, 0.05) is 23.7 Å². The van der Waals surface area contributed by atoms with Crippen LogP contribution in [0, 0.1) is 10.1 Å². The zero-order valence-electron chi connectivity index (χ0n) is 7.48. The highest BCUT2D eigenvalue weighted by atomic mass is 16.6. The normalized spacial score (nSPS) is 10.4. The van der Waals surface area contributed by atoms with Gasteiger partial charge in [-0.15, -0.1) is 0 Å². The van der Waals surface area contributed by atoms with Gasteiger partial charge in [0.2, 0.25) is 0 Å². The summed E-state index contributed by atoms with van der Waals surface area (Å²) in [5, 5.41) is 11.3.